The Morgan fingerprint density at radius 2 is 1.17 bits per heavy atom. The Hall–Kier alpha value is -3.44. The number of carbonyl (C=O) groups excluding carboxylic acids is 2. The first kappa shape index (κ1) is 60.8. The van der Waals surface area contributed by atoms with Crippen LogP contribution in [0.4, 0.5) is 0 Å². The van der Waals surface area contributed by atoms with E-state index in [9.17, 15) is 60.7 Å². The summed E-state index contributed by atoms with van der Waals surface area (Å²) < 4.78 is 24.1. The zero-order chi connectivity index (χ0) is 54.6. The number of cyclic esters (lactones) is 1. The van der Waals surface area contributed by atoms with Crippen LogP contribution in [0.1, 0.15) is 111 Å². The molecule has 6 fully saturated rings. The SMILES string of the molecule is C[C@@H]1[C@H](O)[C@@H](C)\C=C/C=C\C=C/C=C\C=C/C=C\C=C\[C@H](O[C@H]2O[C@@H](C)[C@H](O)[C@@H](N)[C@H]2O)C[C@@H]2O[C@](O)(C[C@@H](O)[C@H](O)CC[C@@H](O)C[C@@H](O)C[C@@H](O)CC(=O)O[C@H]1C)C[C@H](O)[C@H]2C(=O)NC1C2CC3CC(C2)CC1C3. The number of esters is 1. The second-order valence-corrected chi connectivity index (χ2v) is 22.7. The van der Waals surface area contributed by atoms with Crippen molar-refractivity contribution in [2.75, 3.05) is 0 Å². The van der Waals surface area contributed by atoms with Crippen molar-refractivity contribution in [1.82, 2.24) is 5.32 Å². The lowest BCUT2D eigenvalue weighted by Gasteiger charge is -2.55. The minimum absolute atomic E-state index is 0.0845. The molecule has 4 aliphatic carbocycles. The topological polar surface area (TPSA) is 311 Å². The molecule has 18 heteroatoms. The molecule has 422 valence electrons. The number of hydrogen-bond donors (Lipinski definition) is 12. The highest BCUT2D eigenvalue weighted by Crippen LogP contribution is 2.54. The van der Waals surface area contributed by atoms with Crippen molar-refractivity contribution in [1.29, 1.82) is 0 Å². The normalized spacial score (nSPS) is 48.3. The van der Waals surface area contributed by atoms with E-state index in [4.69, 9.17) is 24.7 Å². The lowest BCUT2D eigenvalue weighted by Crippen LogP contribution is -2.62. The molecule has 0 aromatic rings. The van der Waals surface area contributed by atoms with E-state index in [0.717, 1.165) is 25.7 Å². The van der Waals surface area contributed by atoms with E-state index in [1.165, 1.54) is 6.42 Å². The van der Waals surface area contributed by atoms with Crippen LogP contribution in [0.2, 0.25) is 0 Å². The molecule has 13 N–H and O–H groups in total. The van der Waals surface area contributed by atoms with E-state index in [0.29, 0.717) is 23.7 Å². The van der Waals surface area contributed by atoms with Crippen molar-refractivity contribution in [2.24, 2.45) is 47.2 Å². The number of hydrogen-bond acceptors (Lipinski definition) is 17. The fourth-order valence-electron chi connectivity index (χ4n) is 12.4. The molecule has 3 aliphatic heterocycles. The van der Waals surface area contributed by atoms with Crippen molar-refractivity contribution in [2.45, 2.75) is 215 Å². The van der Waals surface area contributed by atoms with Gasteiger partial charge in [0.15, 0.2) is 12.1 Å². The standard InChI is InChI=1S/C57H88N2O16/c1-32-17-15-13-11-9-7-5-6-8-10-12-14-16-18-43(74-56-54(69)50(58)53(68)35(4)73-56)29-47-49(55(70)59-51-38-22-36-21-37(24-38)25-39(51)23-36)46(65)31-57(71,75-47)30-45(64)44(63)20-19-40(60)26-41(61)27-42(62)28-48(66)72-34(3)33(2)52(32)67/h5-18,32-47,49-54,56,60-65,67-69,71H,19-31,58H2,1-4H3,(H,59,70)/b6-5-,9-7-,10-8-,13-11-,14-12-,17-15-,18-16+/t32-,33-,34-,35-,36?,37?,38?,39?,40+,41+,42+,43-,44+,45+,46-,47-,49+,50+,51?,52+,53-,54+,56+,57+/m0/s1. The number of amides is 1. The van der Waals surface area contributed by atoms with Gasteiger partial charge in [-0.05, 0) is 95.3 Å². The molecule has 75 heavy (non-hydrogen) atoms. The van der Waals surface area contributed by atoms with E-state index in [2.05, 4.69) is 5.32 Å². The van der Waals surface area contributed by atoms with Gasteiger partial charge in [-0.1, -0.05) is 98.9 Å². The molecule has 7 rings (SSSR count). The van der Waals surface area contributed by atoms with E-state index in [-0.39, 0.29) is 44.1 Å². The summed E-state index contributed by atoms with van der Waals surface area (Å²) >= 11 is 0. The Bertz CT molecular complexity index is 2000. The number of fused-ring (bicyclic) bond motifs is 2. The third-order valence-electron chi connectivity index (χ3n) is 16.6. The zero-order valence-electron chi connectivity index (χ0n) is 44.1. The fourth-order valence-corrected chi connectivity index (χ4v) is 12.4. The van der Waals surface area contributed by atoms with Crippen LogP contribution < -0.4 is 11.1 Å². The minimum Gasteiger partial charge on any atom is -0.462 e. The highest BCUT2D eigenvalue weighted by Gasteiger charge is 2.54. The molecule has 0 radical (unpaired) electrons. The second-order valence-electron chi connectivity index (χ2n) is 22.7. The average Bonchev–Trinajstić information content (AvgIpc) is 3.34. The summed E-state index contributed by atoms with van der Waals surface area (Å²) in [4.78, 5) is 27.3. The van der Waals surface area contributed by atoms with Gasteiger partial charge in [-0.15, -0.1) is 0 Å². The molecule has 19 atom stereocenters. The number of allylic oxidation sites excluding steroid dienone is 12. The van der Waals surface area contributed by atoms with E-state index >= 15 is 0 Å². The van der Waals surface area contributed by atoms with Gasteiger partial charge < -0.3 is 81.1 Å². The first-order valence-electron chi connectivity index (χ1n) is 27.4. The predicted molar refractivity (Wildman–Crippen MR) is 278 cm³/mol. The summed E-state index contributed by atoms with van der Waals surface area (Å²) in [5, 5.41) is 115. The van der Waals surface area contributed by atoms with Gasteiger partial charge in [-0.3, -0.25) is 9.59 Å². The number of carbonyl (C=O) groups is 2. The largest absolute Gasteiger partial charge is 0.462 e. The molecule has 4 saturated carbocycles. The van der Waals surface area contributed by atoms with Crippen LogP contribution >= 0.6 is 0 Å². The minimum atomic E-state index is -2.28. The van der Waals surface area contributed by atoms with E-state index in [1.54, 1.807) is 51.2 Å². The molecule has 3 heterocycles. The Labute approximate surface area is 442 Å². The van der Waals surface area contributed by atoms with E-state index in [1.807, 2.05) is 61.6 Å². The lowest BCUT2D eigenvalue weighted by molar-refractivity contribution is -0.308. The van der Waals surface area contributed by atoms with Crippen LogP contribution in [0.25, 0.3) is 0 Å². The molecule has 1 amide bonds. The van der Waals surface area contributed by atoms with Crippen LogP contribution in [-0.2, 0) is 28.5 Å². The van der Waals surface area contributed by atoms with Crippen LogP contribution in [0.15, 0.2) is 85.1 Å². The molecular weight excluding hydrogens is 969 g/mol. The summed E-state index contributed by atoms with van der Waals surface area (Å²) in [5.41, 5.74) is 6.18. The lowest BCUT2D eigenvalue weighted by atomic mass is 9.54. The monoisotopic (exact) mass is 1060 g/mol. The highest BCUT2D eigenvalue weighted by atomic mass is 16.7. The molecule has 6 bridgehead atoms. The summed E-state index contributed by atoms with van der Waals surface area (Å²) in [7, 11) is 0. The van der Waals surface area contributed by atoms with Crippen molar-refractivity contribution in [3.8, 4) is 0 Å². The molecule has 0 aromatic heterocycles. The third kappa shape index (κ3) is 17.5. The number of nitrogens with one attached hydrogen (secondary N) is 1. The Balaban J connectivity index is 1.23. The zero-order valence-corrected chi connectivity index (χ0v) is 44.1. The molecule has 18 nitrogen and oxygen atoms in total. The van der Waals surface area contributed by atoms with Crippen LogP contribution in [-0.4, -0.2) is 166 Å². The third-order valence-corrected chi connectivity index (χ3v) is 16.6. The molecule has 7 aliphatic rings. The molecule has 2 saturated heterocycles. The van der Waals surface area contributed by atoms with Crippen LogP contribution in [0, 0.1) is 41.4 Å². The number of nitrogens with two attached hydrogens (primary N) is 1. The first-order valence-corrected chi connectivity index (χ1v) is 27.4. The number of aliphatic hydroxyl groups is 10. The first-order chi connectivity index (χ1) is 35.6. The maximum absolute atomic E-state index is 14.6. The average molecular weight is 1060 g/mol. The van der Waals surface area contributed by atoms with E-state index < -0.39 is 140 Å². The molecule has 0 unspecified atom stereocenters. The summed E-state index contributed by atoms with van der Waals surface area (Å²) in [6.45, 7) is 6.85. The van der Waals surface area contributed by atoms with Crippen molar-refractivity contribution < 1.29 is 79.6 Å². The van der Waals surface area contributed by atoms with Gasteiger partial charge in [0, 0.05) is 37.1 Å². The number of rotatable bonds is 4. The van der Waals surface area contributed by atoms with Gasteiger partial charge in [0.05, 0.1) is 85.5 Å². The molecular formula is C57H88N2O16. The highest BCUT2D eigenvalue weighted by molar-refractivity contribution is 5.80. The quantitative estimate of drug-likeness (QED) is 0.180. The van der Waals surface area contributed by atoms with Gasteiger partial charge in [-0.2, -0.15) is 0 Å². The summed E-state index contributed by atoms with van der Waals surface area (Å²) in [6.07, 6.45) is 10.9. The van der Waals surface area contributed by atoms with Gasteiger partial charge in [0.25, 0.3) is 0 Å². The Morgan fingerprint density at radius 3 is 1.77 bits per heavy atom. The number of aliphatic hydroxyl groups excluding tert-OH is 9. The fraction of sp³-hybridized carbons (Fsp3) is 0.719. The van der Waals surface area contributed by atoms with Crippen molar-refractivity contribution in [3.05, 3.63) is 85.1 Å². The Morgan fingerprint density at radius 1 is 0.627 bits per heavy atom. The summed E-state index contributed by atoms with van der Waals surface area (Å²) in [6, 6.07) is -1.20. The van der Waals surface area contributed by atoms with Crippen molar-refractivity contribution >= 4 is 11.9 Å². The summed E-state index contributed by atoms with van der Waals surface area (Å²) in [5.74, 6) is -3.49. The van der Waals surface area contributed by atoms with Gasteiger partial charge in [-0.25, -0.2) is 0 Å². The second kappa shape index (κ2) is 28.4. The van der Waals surface area contributed by atoms with Gasteiger partial charge >= 0.3 is 5.97 Å². The van der Waals surface area contributed by atoms with Crippen molar-refractivity contribution in [3.63, 3.8) is 0 Å². The van der Waals surface area contributed by atoms with Gasteiger partial charge in [0.2, 0.25) is 5.91 Å². The Kier molecular flexibility index (Phi) is 23.1. The van der Waals surface area contributed by atoms with Crippen LogP contribution in [0.3, 0.4) is 0 Å². The molecule has 0 spiro atoms. The van der Waals surface area contributed by atoms with Gasteiger partial charge in [0.1, 0.15) is 12.2 Å². The smallest absolute Gasteiger partial charge is 0.308 e. The predicted octanol–water partition coefficient (Wildman–Crippen LogP) is 2.57. The van der Waals surface area contributed by atoms with Crippen LogP contribution in [0.5, 0.6) is 0 Å². The maximum atomic E-state index is 14.6. The maximum Gasteiger partial charge on any atom is 0.308 e. The molecule has 0 aromatic carbocycles. The number of ether oxygens (including phenoxy) is 4.